The van der Waals surface area contributed by atoms with Crippen molar-refractivity contribution in [2.75, 3.05) is 13.7 Å². The van der Waals surface area contributed by atoms with Gasteiger partial charge < -0.3 is 9.64 Å². The van der Waals surface area contributed by atoms with E-state index in [1.54, 1.807) is 23.3 Å². The predicted octanol–water partition coefficient (Wildman–Crippen LogP) is 4.77. The Hall–Kier alpha value is -2.40. The van der Waals surface area contributed by atoms with Gasteiger partial charge in [0.05, 0.1) is 16.8 Å². The lowest BCUT2D eigenvalue weighted by atomic mass is 10.0. The van der Waals surface area contributed by atoms with E-state index in [9.17, 15) is 4.79 Å². The molecule has 1 heterocycles. The van der Waals surface area contributed by atoms with Gasteiger partial charge in [-0.2, -0.15) is 0 Å². The van der Waals surface area contributed by atoms with Gasteiger partial charge in [0.1, 0.15) is 10.8 Å². The number of para-hydroxylation sites is 1. The average molecular weight is 369 g/mol. The molecule has 3 rings (SSSR count). The molecule has 5 heteroatoms. The highest BCUT2D eigenvalue weighted by Crippen LogP contribution is 2.27. The molecule has 0 bridgehead atoms. The lowest BCUT2D eigenvalue weighted by Gasteiger charge is -2.18. The van der Waals surface area contributed by atoms with Gasteiger partial charge in [-0.05, 0) is 42.2 Å². The molecule has 2 aromatic carbocycles. The third-order valence-corrected chi connectivity index (χ3v) is 5.30. The highest BCUT2D eigenvalue weighted by Gasteiger charge is 2.15. The summed E-state index contributed by atoms with van der Waals surface area (Å²) in [4.78, 5) is 18.7. The summed E-state index contributed by atoms with van der Waals surface area (Å²) >= 11 is 1.62. The Balaban J connectivity index is 1.63. The van der Waals surface area contributed by atoms with Gasteiger partial charge in [0.2, 0.25) is 0 Å². The number of fused-ring (bicyclic) bond motifs is 1. The Labute approximate surface area is 158 Å². The summed E-state index contributed by atoms with van der Waals surface area (Å²) in [6, 6.07) is 14.2. The Kier molecular flexibility index (Phi) is 5.57. The van der Waals surface area contributed by atoms with E-state index in [1.165, 1.54) is 0 Å². The summed E-state index contributed by atoms with van der Waals surface area (Å²) in [5.41, 5.74) is 3.22. The molecule has 136 valence electrons. The molecule has 1 aromatic heterocycles. The van der Waals surface area contributed by atoms with Crippen molar-refractivity contribution in [3.63, 3.8) is 0 Å². The van der Waals surface area contributed by atoms with Crippen LogP contribution in [0.15, 0.2) is 42.5 Å². The Bertz CT molecular complexity index is 884. The first-order chi connectivity index (χ1) is 12.4. The standard InChI is InChI=1S/C21H24N2O2S/c1-14(2)16-10-9-15(3)11-18(16)25-13-21(24)23(4)12-20-22-17-7-5-6-8-19(17)26-20/h5-11,14H,12-13H2,1-4H3. The number of hydrogen-bond donors (Lipinski definition) is 0. The number of ether oxygens (including phenoxy) is 1. The highest BCUT2D eigenvalue weighted by atomic mass is 32.1. The summed E-state index contributed by atoms with van der Waals surface area (Å²) in [5, 5.41) is 0.931. The second-order valence-corrected chi connectivity index (χ2v) is 7.92. The quantitative estimate of drug-likeness (QED) is 0.630. The SMILES string of the molecule is Cc1ccc(C(C)C)c(OCC(=O)N(C)Cc2nc3ccccc3s2)c1. The molecule has 0 saturated heterocycles. The third-order valence-electron chi connectivity index (χ3n) is 4.28. The van der Waals surface area contributed by atoms with Crippen LogP contribution in [0.1, 0.15) is 35.9 Å². The molecule has 0 unspecified atom stereocenters. The zero-order valence-electron chi connectivity index (χ0n) is 15.7. The van der Waals surface area contributed by atoms with E-state index in [2.05, 4.69) is 31.0 Å². The van der Waals surface area contributed by atoms with Gasteiger partial charge >= 0.3 is 0 Å². The van der Waals surface area contributed by atoms with E-state index in [0.29, 0.717) is 12.5 Å². The maximum Gasteiger partial charge on any atom is 0.260 e. The number of amides is 1. The van der Waals surface area contributed by atoms with Crippen LogP contribution in [0.3, 0.4) is 0 Å². The average Bonchev–Trinajstić information content (AvgIpc) is 3.01. The molecule has 0 spiro atoms. The van der Waals surface area contributed by atoms with Gasteiger partial charge in [0.25, 0.3) is 5.91 Å². The van der Waals surface area contributed by atoms with Crippen LogP contribution in [-0.2, 0) is 11.3 Å². The Morgan fingerprint density at radius 3 is 2.73 bits per heavy atom. The van der Waals surface area contributed by atoms with Crippen LogP contribution >= 0.6 is 11.3 Å². The number of nitrogens with zero attached hydrogens (tertiary/aromatic N) is 2. The minimum atomic E-state index is -0.0551. The molecule has 0 aliphatic rings. The molecule has 0 atom stereocenters. The van der Waals surface area contributed by atoms with Crippen LogP contribution in [-0.4, -0.2) is 29.4 Å². The number of benzene rings is 2. The highest BCUT2D eigenvalue weighted by molar-refractivity contribution is 7.18. The normalized spacial score (nSPS) is 11.1. The molecule has 0 fully saturated rings. The first-order valence-electron chi connectivity index (χ1n) is 8.76. The predicted molar refractivity (Wildman–Crippen MR) is 107 cm³/mol. The van der Waals surface area contributed by atoms with E-state index in [1.807, 2.05) is 37.3 Å². The summed E-state index contributed by atoms with van der Waals surface area (Å²) in [7, 11) is 1.79. The first-order valence-corrected chi connectivity index (χ1v) is 9.57. The van der Waals surface area contributed by atoms with Crippen LogP contribution in [0.4, 0.5) is 0 Å². The maximum absolute atomic E-state index is 12.5. The zero-order valence-corrected chi connectivity index (χ0v) is 16.5. The van der Waals surface area contributed by atoms with Crippen LogP contribution in [0.5, 0.6) is 5.75 Å². The molecule has 0 aliphatic carbocycles. The largest absolute Gasteiger partial charge is 0.483 e. The van der Waals surface area contributed by atoms with Crippen molar-refractivity contribution in [3.05, 3.63) is 58.6 Å². The molecular formula is C21H24N2O2S. The number of aromatic nitrogens is 1. The molecule has 0 saturated carbocycles. The van der Waals surface area contributed by atoms with E-state index < -0.39 is 0 Å². The summed E-state index contributed by atoms with van der Waals surface area (Å²) in [6.07, 6.45) is 0. The molecule has 0 radical (unpaired) electrons. The fraction of sp³-hybridized carbons (Fsp3) is 0.333. The van der Waals surface area contributed by atoms with E-state index in [0.717, 1.165) is 32.1 Å². The monoisotopic (exact) mass is 368 g/mol. The van der Waals surface area contributed by atoms with Crippen molar-refractivity contribution in [2.45, 2.75) is 33.2 Å². The summed E-state index contributed by atoms with van der Waals surface area (Å²) in [5.74, 6) is 1.09. The van der Waals surface area contributed by atoms with Crippen molar-refractivity contribution in [1.29, 1.82) is 0 Å². The fourth-order valence-corrected chi connectivity index (χ4v) is 3.79. The molecule has 26 heavy (non-hydrogen) atoms. The number of carbonyl (C=O) groups excluding carboxylic acids is 1. The van der Waals surface area contributed by atoms with Crippen molar-refractivity contribution in [1.82, 2.24) is 9.88 Å². The molecular weight excluding hydrogens is 344 g/mol. The molecule has 3 aromatic rings. The number of likely N-dealkylation sites (N-methyl/N-ethyl adjacent to an activating group) is 1. The van der Waals surface area contributed by atoms with Crippen LogP contribution < -0.4 is 4.74 Å². The number of rotatable bonds is 6. The van der Waals surface area contributed by atoms with Gasteiger partial charge in [0, 0.05) is 7.05 Å². The second-order valence-electron chi connectivity index (χ2n) is 6.81. The summed E-state index contributed by atoms with van der Waals surface area (Å²) < 4.78 is 6.99. The minimum Gasteiger partial charge on any atom is -0.483 e. The van der Waals surface area contributed by atoms with Crippen LogP contribution in [0.2, 0.25) is 0 Å². The number of aryl methyl sites for hydroxylation is 1. The van der Waals surface area contributed by atoms with Gasteiger partial charge in [0.15, 0.2) is 6.61 Å². The van der Waals surface area contributed by atoms with Crippen molar-refractivity contribution in [2.24, 2.45) is 0 Å². The second kappa shape index (κ2) is 7.87. The van der Waals surface area contributed by atoms with Gasteiger partial charge in [-0.25, -0.2) is 4.98 Å². The van der Waals surface area contributed by atoms with Crippen LogP contribution in [0, 0.1) is 6.92 Å². The Morgan fingerprint density at radius 1 is 1.23 bits per heavy atom. The van der Waals surface area contributed by atoms with Crippen molar-refractivity contribution < 1.29 is 9.53 Å². The smallest absolute Gasteiger partial charge is 0.260 e. The van der Waals surface area contributed by atoms with E-state index >= 15 is 0 Å². The topological polar surface area (TPSA) is 42.4 Å². The third kappa shape index (κ3) is 4.22. The molecule has 0 N–H and O–H groups in total. The number of carbonyl (C=O) groups is 1. The van der Waals surface area contributed by atoms with Crippen LogP contribution in [0.25, 0.3) is 10.2 Å². The fourth-order valence-electron chi connectivity index (χ4n) is 2.77. The van der Waals surface area contributed by atoms with Gasteiger partial charge in [-0.3, -0.25) is 4.79 Å². The molecule has 4 nitrogen and oxygen atoms in total. The minimum absolute atomic E-state index is 0.0323. The van der Waals surface area contributed by atoms with Crippen molar-refractivity contribution >= 4 is 27.5 Å². The maximum atomic E-state index is 12.5. The zero-order chi connectivity index (χ0) is 18.7. The first kappa shape index (κ1) is 18.4. The Morgan fingerprint density at radius 2 is 2.00 bits per heavy atom. The molecule has 1 amide bonds. The van der Waals surface area contributed by atoms with E-state index in [4.69, 9.17) is 4.74 Å². The summed E-state index contributed by atoms with van der Waals surface area (Å²) in [6.45, 7) is 6.80. The van der Waals surface area contributed by atoms with E-state index in [-0.39, 0.29) is 12.5 Å². The lowest BCUT2D eigenvalue weighted by molar-refractivity contribution is -0.132. The number of thiazole rings is 1. The number of hydrogen-bond acceptors (Lipinski definition) is 4. The molecule has 0 aliphatic heterocycles. The lowest BCUT2D eigenvalue weighted by Crippen LogP contribution is -2.31. The van der Waals surface area contributed by atoms with Gasteiger partial charge in [-0.15, -0.1) is 11.3 Å². The van der Waals surface area contributed by atoms with Crippen molar-refractivity contribution in [3.8, 4) is 5.75 Å². The van der Waals surface area contributed by atoms with Gasteiger partial charge in [-0.1, -0.05) is 38.1 Å².